The van der Waals surface area contributed by atoms with Crippen LogP contribution in [0.25, 0.3) is 11.0 Å². The van der Waals surface area contributed by atoms with Crippen molar-refractivity contribution in [2.45, 2.75) is 18.8 Å². The number of pyridine rings is 1. The Labute approximate surface area is 151 Å². The second-order valence-corrected chi connectivity index (χ2v) is 7.47. The Morgan fingerprint density at radius 1 is 1.42 bits per heavy atom. The summed E-state index contributed by atoms with van der Waals surface area (Å²) < 4.78 is 4.43. The van der Waals surface area contributed by atoms with E-state index in [1.165, 1.54) is 0 Å². The standard InChI is InChI=1S/C15H13Cl2N5OS/c16-10-12(21-24-13(10)17)15(23)22-6-2-3-8(7-22)11-9-4-1-5-18-14(9)20-19-11/h1,4-5,8H,2-3,6-7H2,(H,18,19,20). The minimum atomic E-state index is -0.171. The van der Waals surface area contributed by atoms with Crippen molar-refractivity contribution in [1.82, 2.24) is 24.5 Å². The highest BCUT2D eigenvalue weighted by molar-refractivity contribution is 7.11. The van der Waals surface area contributed by atoms with Crippen molar-refractivity contribution in [3.8, 4) is 0 Å². The van der Waals surface area contributed by atoms with Crippen LogP contribution in [-0.2, 0) is 0 Å². The quantitative estimate of drug-likeness (QED) is 0.733. The van der Waals surface area contributed by atoms with E-state index in [1.807, 2.05) is 12.1 Å². The summed E-state index contributed by atoms with van der Waals surface area (Å²) in [6.07, 6.45) is 3.62. The van der Waals surface area contributed by atoms with Gasteiger partial charge in [-0.1, -0.05) is 23.2 Å². The third-order valence-electron chi connectivity index (χ3n) is 4.28. The van der Waals surface area contributed by atoms with Gasteiger partial charge in [0.05, 0.1) is 0 Å². The molecule has 0 radical (unpaired) electrons. The Morgan fingerprint density at radius 2 is 2.29 bits per heavy atom. The zero-order chi connectivity index (χ0) is 16.7. The number of aromatic nitrogens is 4. The molecule has 1 atom stereocenters. The van der Waals surface area contributed by atoms with E-state index in [9.17, 15) is 4.79 Å². The number of fused-ring (bicyclic) bond motifs is 1. The van der Waals surface area contributed by atoms with Gasteiger partial charge in [0.2, 0.25) is 0 Å². The van der Waals surface area contributed by atoms with Gasteiger partial charge in [0, 0.05) is 36.3 Å². The highest BCUT2D eigenvalue weighted by Gasteiger charge is 2.30. The third kappa shape index (κ3) is 2.66. The summed E-state index contributed by atoms with van der Waals surface area (Å²) in [5, 5.41) is 8.58. The van der Waals surface area contributed by atoms with E-state index in [4.69, 9.17) is 23.2 Å². The molecule has 3 aromatic heterocycles. The maximum Gasteiger partial charge on any atom is 0.275 e. The molecule has 0 bridgehead atoms. The molecule has 9 heteroatoms. The van der Waals surface area contributed by atoms with E-state index in [1.54, 1.807) is 11.1 Å². The van der Waals surface area contributed by atoms with Crippen molar-refractivity contribution in [3.05, 3.63) is 39.1 Å². The van der Waals surface area contributed by atoms with Crippen LogP contribution in [0.5, 0.6) is 0 Å². The summed E-state index contributed by atoms with van der Waals surface area (Å²) in [4.78, 5) is 18.7. The molecule has 24 heavy (non-hydrogen) atoms. The van der Waals surface area contributed by atoms with E-state index in [0.29, 0.717) is 23.1 Å². The minimum Gasteiger partial charge on any atom is -0.337 e. The number of amides is 1. The molecule has 1 N–H and O–H groups in total. The molecule has 4 rings (SSSR count). The first-order chi connectivity index (χ1) is 11.6. The number of rotatable bonds is 2. The van der Waals surface area contributed by atoms with Crippen molar-refractivity contribution in [2.24, 2.45) is 0 Å². The van der Waals surface area contributed by atoms with Gasteiger partial charge in [-0.2, -0.15) is 9.47 Å². The lowest BCUT2D eigenvalue weighted by molar-refractivity contribution is 0.0701. The summed E-state index contributed by atoms with van der Waals surface area (Å²) in [6, 6.07) is 3.89. The van der Waals surface area contributed by atoms with Gasteiger partial charge in [0.25, 0.3) is 5.91 Å². The molecule has 1 fully saturated rings. The number of carbonyl (C=O) groups excluding carboxylic acids is 1. The number of aromatic amines is 1. The molecular weight excluding hydrogens is 369 g/mol. The molecule has 124 valence electrons. The number of nitrogens with one attached hydrogen (secondary N) is 1. The van der Waals surface area contributed by atoms with E-state index < -0.39 is 0 Å². The van der Waals surface area contributed by atoms with Crippen LogP contribution in [-0.4, -0.2) is 43.5 Å². The molecular formula is C15H13Cl2N5OS. The lowest BCUT2D eigenvalue weighted by Crippen LogP contribution is -2.39. The Balaban J connectivity index is 1.60. The Hall–Kier alpha value is -1.70. The largest absolute Gasteiger partial charge is 0.337 e. The number of piperidine rings is 1. The van der Waals surface area contributed by atoms with Crippen LogP contribution in [0.1, 0.15) is 34.9 Å². The van der Waals surface area contributed by atoms with E-state index in [2.05, 4.69) is 19.6 Å². The van der Waals surface area contributed by atoms with Crippen molar-refractivity contribution >= 4 is 51.7 Å². The van der Waals surface area contributed by atoms with Crippen molar-refractivity contribution in [1.29, 1.82) is 0 Å². The molecule has 0 aliphatic carbocycles. The zero-order valence-corrected chi connectivity index (χ0v) is 14.8. The molecule has 3 aromatic rings. The van der Waals surface area contributed by atoms with Crippen LogP contribution in [0.3, 0.4) is 0 Å². The van der Waals surface area contributed by atoms with Gasteiger partial charge in [-0.3, -0.25) is 9.89 Å². The van der Waals surface area contributed by atoms with Crippen molar-refractivity contribution in [2.75, 3.05) is 13.1 Å². The first-order valence-electron chi connectivity index (χ1n) is 7.54. The Morgan fingerprint density at radius 3 is 3.08 bits per heavy atom. The fourth-order valence-electron chi connectivity index (χ4n) is 3.12. The lowest BCUT2D eigenvalue weighted by atomic mass is 9.93. The zero-order valence-electron chi connectivity index (χ0n) is 12.5. The van der Waals surface area contributed by atoms with Gasteiger partial charge >= 0.3 is 0 Å². The van der Waals surface area contributed by atoms with Crippen LogP contribution in [0.15, 0.2) is 18.3 Å². The molecule has 1 aliphatic rings. The van der Waals surface area contributed by atoms with Crippen LogP contribution < -0.4 is 0 Å². The van der Waals surface area contributed by atoms with Crippen LogP contribution in [0, 0.1) is 0 Å². The van der Waals surface area contributed by atoms with E-state index >= 15 is 0 Å². The lowest BCUT2D eigenvalue weighted by Gasteiger charge is -2.32. The first kappa shape index (κ1) is 15.8. The minimum absolute atomic E-state index is 0.171. The molecule has 1 amide bonds. The average Bonchev–Trinajstić information content (AvgIpc) is 3.19. The predicted molar refractivity (Wildman–Crippen MR) is 93.9 cm³/mol. The number of hydrogen-bond donors (Lipinski definition) is 1. The van der Waals surface area contributed by atoms with Gasteiger partial charge in [-0.05, 0) is 36.5 Å². The molecule has 0 saturated carbocycles. The maximum atomic E-state index is 12.7. The summed E-state index contributed by atoms with van der Waals surface area (Å²) in [6.45, 7) is 1.28. The number of likely N-dealkylation sites (tertiary alicyclic amines) is 1. The average molecular weight is 382 g/mol. The second kappa shape index (κ2) is 6.31. The van der Waals surface area contributed by atoms with E-state index in [0.717, 1.165) is 35.5 Å². The van der Waals surface area contributed by atoms with E-state index in [-0.39, 0.29) is 22.5 Å². The number of halogens is 2. The van der Waals surface area contributed by atoms with Crippen molar-refractivity contribution in [3.63, 3.8) is 0 Å². The van der Waals surface area contributed by atoms with Gasteiger partial charge in [0.15, 0.2) is 11.3 Å². The summed E-state index contributed by atoms with van der Waals surface area (Å²) in [5.74, 6) is 0.0135. The monoisotopic (exact) mass is 381 g/mol. The SMILES string of the molecule is O=C(c1nsc(Cl)c1Cl)N1CCCC(c2[nH]nc3ncccc23)C1. The molecule has 1 unspecified atom stereocenters. The molecule has 1 aliphatic heterocycles. The summed E-state index contributed by atoms with van der Waals surface area (Å²) in [5.41, 5.74) is 1.96. The fourth-order valence-corrected chi connectivity index (χ4v) is 4.11. The van der Waals surface area contributed by atoms with Gasteiger partial charge in [-0.15, -0.1) is 0 Å². The number of carbonyl (C=O) groups is 1. The number of nitrogens with zero attached hydrogens (tertiary/aromatic N) is 4. The highest BCUT2D eigenvalue weighted by atomic mass is 35.5. The normalized spacial score (nSPS) is 18.2. The molecule has 1 saturated heterocycles. The van der Waals surface area contributed by atoms with Crippen molar-refractivity contribution < 1.29 is 4.79 Å². The smallest absolute Gasteiger partial charge is 0.275 e. The van der Waals surface area contributed by atoms with Crippen LogP contribution >= 0.6 is 34.7 Å². The van der Waals surface area contributed by atoms with Gasteiger partial charge < -0.3 is 4.90 Å². The molecule has 0 spiro atoms. The summed E-state index contributed by atoms with van der Waals surface area (Å²) >= 11 is 13.0. The predicted octanol–water partition coefficient (Wildman–Crippen LogP) is 3.74. The summed E-state index contributed by atoms with van der Waals surface area (Å²) in [7, 11) is 0. The molecule has 0 aromatic carbocycles. The first-order valence-corrected chi connectivity index (χ1v) is 9.07. The topological polar surface area (TPSA) is 74.8 Å². The Kier molecular flexibility index (Phi) is 4.15. The van der Waals surface area contributed by atoms with Crippen LogP contribution in [0.4, 0.5) is 0 Å². The molecule has 4 heterocycles. The number of hydrogen-bond acceptors (Lipinski definition) is 5. The van der Waals surface area contributed by atoms with Gasteiger partial charge in [-0.25, -0.2) is 4.98 Å². The van der Waals surface area contributed by atoms with Gasteiger partial charge in [0.1, 0.15) is 9.36 Å². The molecule has 6 nitrogen and oxygen atoms in total. The maximum absolute atomic E-state index is 12.7. The van der Waals surface area contributed by atoms with Crippen LogP contribution in [0.2, 0.25) is 9.36 Å². The second-order valence-electron chi connectivity index (χ2n) is 5.72. The third-order valence-corrected chi connectivity index (χ3v) is 5.89. The highest BCUT2D eigenvalue weighted by Crippen LogP contribution is 2.33. The fraction of sp³-hybridized carbons (Fsp3) is 0.333. The Bertz CT molecular complexity index is 908. The number of H-pyrrole nitrogens is 1.